The lowest BCUT2D eigenvalue weighted by molar-refractivity contribution is 0.484. The third-order valence-electron chi connectivity index (χ3n) is 4.06. The first kappa shape index (κ1) is 17.5. The van der Waals surface area contributed by atoms with Crippen LogP contribution in [0, 0.1) is 0 Å². The van der Waals surface area contributed by atoms with Crippen LogP contribution < -0.4 is 5.84 Å². The van der Waals surface area contributed by atoms with Crippen LogP contribution in [0.5, 0.6) is 0 Å². The molecule has 0 atom stereocenters. The van der Waals surface area contributed by atoms with Crippen LogP contribution in [0.4, 0.5) is 0 Å². The minimum atomic E-state index is 0. The van der Waals surface area contributed by atoms with Gasteiger partial charge in [-0.1, -0.05) is 61.9 Å². The van der Waals surface area contributed by atoms with Crippen LogP contribution in [0.15, 0.2) is 53.5 Å². The zero-order valence-electron chi connectivity index (χ0n) is 13.5. The predicted octanol–water partition coefficient (Wildman–Crippen LogP) is 3.59. The largest absolute Gasteiger partial charge is 0.293 e. The molecule has 2 N–H and O–H groups in total. The number of nitrogens with zero attached hydrogens (tertiary/aromatic N) is 2. The summed E-state index contributed by atoms with van der Waals surface area (Å²) in [4.78, 5) is 4.45. The van der Waals surface area contributed by atoms with Gasteiger partial charge in [-0.25, -0.2) is 5.84 Å². The average molecular weight is 330 g/mol. The Balaban J connectivity index is 0.00000192. The molecule has 1 aliphatic rings. The third kappa shape index (κ3) is 4.34. The van der Waals surface area contributed by atoms with Crippen LogP contribution in [-0.4, -0.2) is 23.9 Å². The van der Waals surface area contributed by atoms with Crippen molar-refractivity contribution in [2.45, 2.75) is 26.2 Å². The second-order valence-corrected chi connectivity index (χ2v) is 5.84. The van der Waals surface area contributed by atoms with Crippen molar-refractivity contribution in [1.82, 2.24) is 5.01 Å². The highest BCUT2D eigenvalue weighted by Crippen LogP contribution is 2.15. The molecule has 4 heteroatoms. The number of hydrogen-bond acceptors (Lipinski definition) is 3. The summed E-state index contributed by atoms with van der Waals surface area (Å²) >= 11 is 0. The number of hydrazine groups is 1. The molecule has 0 bridgehead atoms. The molecule has 3 rings (SSSR count). The van der Waals surface area contributed by atoms with E-state index in [4.69, 9.17) is 5.84 Å². The van der Waals surface area contributed by atoms with Gasteiger partial charge in [-0.05, 0) is 29.5 Å². The number of amidine groups is 1. The molecular formula is C19H24ClN3. The number of aryl methyl sites for hydroxylation is 1. The summed E-state index contributed by atoms with van der Waals surface area (Å²) in [5.41, 5.74) is 5.19. The van der Waals surface area contributed by atoms with Crippen molar-refractivity contribution < 1.29 is 0 Å². The van der Waals surface area contributed by atoms with E-state index in [9.17, 15) is 0 Å². The number of hydrogen-bond donors (Lipinski definition) is 1. The molecule has 3 nitrogen and oxygen atoms in total. The molecular weight excluding hydrogens is 306 g/mol. The Kier molecular flexibility index (Phi) is 6.20. The molecule has 0 amide bonds. The van der Waals surface area contributed by atoms with Crippen LogP contribution in [-0.2, 0) is 12.8 Å². The Bertz CT molecular complexity index is 647. The minimum absolute atomic E-state index is 0. The predicted molar refractivity (Wildman–Crippen MR) is 99.2 cm³/mol. The van der Waals surface area contributed by atoms with Crippen LogP contribution in [0.2, 0.25) is 0 Å². The van der Waals surface area contributed by atoms with Crippen molar-refractivity contribution in [3.8, 4) is 0 Å². The maximum atomic E-state index is 5.91. The topological polar surface area (TPSA) is 41.6 Å². The summed E-state index contributed by atoms with van der Waals surface area (Å²) in [5.74, 6) is 6.81. The highest BCUT2D eigenvalue weighted by Gasteiger charge is 2.14. The molecule has 0 aromatic heterocycles. The molecule has 0 spiro atoms. The lowest BCUT2D eigenvalue weighted by atomic mass is 10.0. The first-order valence-corrected chi connectivity index (χ1v) is 8.00. The van der Waals surface area contributed by atoms with Gasteiger partial charge >= 0.3 is 0 Å². The molecule has 1 heterocycles. The van der Waals surface area contributed by atoms with Crippen molar-refractivity contribution in [2.24, 2.45) is 10.8 Å². The van der Waals surface area contributed by atoms with Crippen molar-refractivity contribution >= 4 is 18.2 Å². The minimum Gasteiger partial charge on any atom is -0.293 e. The summed E-state index contributed by atoms with van der Waals surface area (Å²) in [7, 11) is 0. The first-order chi connectivity index (χ1) is 10.8. The van der Waals surface area contributed by atoms with Crippen LogP contribution >= 0.6 is 12.4 Å². The van der Waals surface area contributed by atoms with Crippen LogP contribution in [0.1, 0.15) is 35.6 Å². The molecule has 2 aromatic carbocycles. The molecule has 0 radical (unpaired) electrons. The molecule has 0 saturated heterocycles. The van der Waals surface area contributed by atoms with E-state index in [0.29, 0.717) is 0 Å². The Labute approximate surface area is 144 Å². The molecule has 0 aliphatic carbocycles. The molecule has 0 unspecified atom stereocenters. The smallest absolute Gasteiger partial charge is 0.145 e. The first-order valence-electron chi connectivity index (χ1n) is 8.00. The van der Waals surface area contributed by atoms with E-state index in [1.165, 1.54) is 23.1 Å². The Hall–Kier alpha value is -1.84. The summed E-state index contributed by atoms with van der Waals surface area (Å²) in [6.07, 6.45) is 3.32. The number of rotatable bonds is 5. The van der Waals surface area contributed by atoms with E-state index in [1.54, 1.807) is 5.01 Å². The molecule has 1 aliphatic heterocycles. The van der Waals surface area contributed by atoms with Crippen LogP contribution in [0.3, 0.4) is 0 Å². The van der Waals surface area contributed by atoms with E-state index in [2.05, 4.69) is 60.4 Å². The molecule has 2 aromatic rings. The van der Waals surface area contributed by atoms with Gasteiger partial charge in [0.05, 0.1) is 13.1 Å². The van der Waals surface area contributed by atoms with Gasteiger partial charge in [0.1, 0.15) is 5.84 Å². The molecule has 0 fully saturated rings. The Morgan fingerprint density at radius 2 is 1.52 bits per heavy atom. The van der Waals surface area contributed by atoms with Gasteiger partial charge < -0.3 is 0 Å². The number of aliphatic imine (C=N–C) groups is 1. The van der Waals surface area contributed by atoms with Crippen molar-refractivity contribution in [1.29, 1.82) is 0 Å². The van der Waals surface area contributed by atoms with Gasteiger partial charge in [-0.2, -0.15) is 0 Å². The second kappa shape index (κ2) is 8.14. The van der Waals surface area contributed by atoms with Gasteiger partial charge in [-0.3, -0.25) is 10.0 Å². The fraction of sp³-hybridized carbons (Fsp3) is 0.316. The lowest BCUT2D eigenvalue weighted by Gasteiger charge is -2.13. The van der Waals surface area contributed by atoms with Gasteiger partial charge in [-0.15, -0.1) is 12.4 Å². The highest BCUT2D eigenvalue weighted by atomic mass is 35.5. The second-order valence-electron chi connectivity index (χ2n) is 5.84. The van der Waals surface area contributed by atoms with E-state index in [0.717, 1.165) is 37.3 Å². The highest BCUT2D eigenvalue weighted by molar-refractivity contribution is 5.99. The van der Waals surface area contributed by atoms with E-state index in [1.807, 2.05) is 0 Å². The molecule has 122 valence electrons. The Morgan fingerprint density at radius 3 is 2.04 bits per heavy atom. The number of benzene rings is 2. The van der Waals surface area contributed by atoms with Crippen molar-refractivity contribution in [3.05, 3.63) is 70.8 Å². The quantitative estimate of drug-likeness (QED) is 0.852. The SMILES string of the molecule is CCCc1ccc(Cc2ccc(C3=NCCN3N)cc2)cc1.Cl. The summed E-state index contributed by atoms with van der Waals surface area (Å²) in [6, 6.07) is 17.5. The number of halogens is 1. The standard InChI is InChI=1S/C19H23N3.ClH/c1-2-3-15-4-6-16(7-5-15)14-17-8-10-18(11-9-17)19-21-12-13-22(19)20;/h4-11H,2-3,12-14,20H2,1H3;1H. The fourth-order valence-corrected chi connectivity index (χ4v) is 2.84. The van der Waals surface area contributed by atoms with Crippen molar-refractivity contribution in [2.75, 3.05) is 13.1 Å². The van der Waals surface area contributed by atoms with Gasteiger partial charge in [0, 0.05) is 5.56 Å². The summed E-state index contributed by atoms with van der Waals surface area (Å²) in [6.45, 7) is 3.81. The lowest BCUT2D eigenvalue weighted by Crippen LogP contribution is -2.34. The maximum absolute atomic E-state index is 5.91. The van der Waals surface area contributed by atoms with E-state index < -0.39 is 0 Å². The third-order valence-corrected chi connectivity index (χ3v) is 4.06. The zero-order valence-corrected chi connectivity index (χ0v) is 14.4. The van der Waals surface area contributed by atoms with Gasteiger partial charge in [0.25, 0.3) is 0 Å². The fourth-order valence-electron chi connectivity index (χ4n) is 2.84. The number of nitrogens with two attached hydrogens (primary N) is 1. The van der Waals surface area contributed by atoms with E-state index >= 15 is 0 Å². The maximum Gasteiger partial charge on any atom is 0.145 e. The monoisotopic (exact) mass is 329 g/mol. The summed E-state index contributed by atoms with van der Waals surface area (Å²) < 4.78 is 0. The Morgan fingerprint density at radius 1 is 0.957 bits per heavy atom. The van der Waals surface area contributed by atoms with Crippen LogP contribution in [0.25, 0.3) is 0 Å². The zero-order chi connectivity index (χ0) is 15.4. The van der Waals surface area contributed by atoms with Crippen molar-refractivity contribution in [3.63, 3.8) is 0 Å². The van der Waals surface area contributed by atoms with Gasteiger partial charge in [0.15, 0.2) is 0 Å². The van der Waals surface area contributed by atoms with Gasteiger partial charge in [0.2, 0.25) is 0 Å². The molecule has 23 heavy (non-hydrogen) atoms. The normalized spacial score (nSPS) is 13.7. The molecule has 0 saturated carbocycles. The average Bonchev–Trinajstić information content (AvgIpc) is 2.96. The summed E-state index contributed by atoms with van der Waals surface area (Å²) in [5, 5.41) is 1.72. The van der Waals surface area contributed by atoms with E-state index in [-0.39, 0.29) is 12.4 Å².